The molecule has 0 bridgehead atoms. The normalized spacial score (nSPS) is 12.0. The molecule has 18 aromatic rings. The fourth-order valence-corrected chi connectivity index (χ4v) is 16.7. The number of phenolic OH excluding ortho intramolecular Hbond substituents is 1. The van der Waals surface area contributed by atoms with Gasteiger partial charge in [-0.1, -0.05) is 114 Å². The average Bonchev–Trinajstić information content (AvgIpc) is 2.95. The van der Waals surface area contributed by atoms with Crippen LogP contribution in [0.5, 0.6) is 5.75 Å². The molecule has 0 radical (unpaired) electrons. The molecule has 0 saturated heterocycles. The molecule has 0 spiro atoms. The molecular weight excluding hydrogens is 1200 g/mol. The molecule has 0 aliphatic carbocycles. The summed E-state index contributed by atoms with van der Waals surface area (Å²) in [6.07, 6.45) is 0. The highest BCUT2D eigenvalue weighted by Gasteiger charge is 2.25. The van der Waals surface area contributed by atoms with E-state index in [1.807, 2.05) is 65.1 Å². The largest absolute Gasteiger partial charge is 0.643 e. The number of halogens is 8. The van der Waals surface area contributed by atoms with Crippen LogP contribution in [0.25, 0.3) is 142 Å². The smallest absolute Gasteiger partial charge is 0.507 e. The molecule has 18 rings (SSSR count). The van der Waals surface area contributed by atoms with Crippen LogP contribution in [0.2, 0.25) is 15.1 Å². The highest BCUT2D eigenvalue weighted by Crippen LogP contribution is 2.50. The molecule has 0 atom stereocenters. The van der Waals surface area contributed by atoms with Gasteiger partial charge in [0, 0.05) is 88.4 Å². The van der Waals surface area contributed by atoms with Crippen molar-refractivity contribution in [3.63, 3.8) is 0 Å². The zero-order chi connectivity index (χ0) is 56.3. The lowest BCUT2D eigenvalue weighted by atomic mass is 10.1. The van der Waals surface area contributed by atoms with Crippen LogP contribution >= 0.6 is 99.0 Å². The highest BCUT2D eigenvalue weighted by atomic mass is 35.8. The van der Waals surface area contributed by atoms with Gasteiger partial charge in [-0.05, 0) is 110 Å². The summed E-state index contributed by atoms with van der Waals surface area (Å²) >= 11 is 22.3. The van der Waals surface area contributed by atoms with Gasteiger partial charge in [-0.3, -0.25) is 8.78 Å². The van der Waals surface area contributed by atoms with Crippen LogP contribution < -0.4 is 0 Å². The number of nitrogens with zero attached hydrogens (tertiary/aromatic N) is 3. The summed E-state index contributed by atoms with van der Waals surface area (Å²) in [6.45, 7) is 4.42. The van der Waals surface area contributed by atoms with Crippen molar-refractivity contribution in [2.24, 2.45) is 0 Å². The van der Waals surface area contributed by atoms with E-state index >= 15 is 0 Å². The maximum Gasteiger partial charge on any atom is 0.643 e. The van der Waals surface area contributed by atoms with Crippen LogP contribution in [0, 0.1) is 13.8 Å². The summed E-state index contributed by atoms with van der Waals surface area (Å²) < 4.78 is 39.9. The molecule has 0 saturated carbocycles. The number of thiophene rings is 3. The van der Waals surface area contributed by atoms with Crippen LogP contribution in [-0.2, 0) is 0 Å². The fraction of sp³-hybridized carbons (Fsp3) is 0.0625. The minimum atomic E-state index is -1.72. The fourth-order valence-electron chi connectivity index (χ4n) is 12.2. The summed E-state index contributed by atoms with van der Waals surface area (Å²) in [5.74, 6) is 0.339. The maximum absolute atomic E-state index is 10.5. The first-order chi connectivity index (χ1) is 39.4. The second kappa shape index (κ2) is 20.9. The van der Waals surface area contributed by atoms with Crippen LogP contribution in [0.4, 0.5) is 8.78 Å². The van der Waals surface area contributed by atoms with Crippen molar-refractivity contribution in [3.8, 4) is 5.75 Å². The van der Waals surface area contributed by atoms with Gasteiger partial charge in [0.05, 0.1) is 84.8 Å². The lowest BCUT2D eigenvalue weighted by Gasteiger charge is -1.98. The van der Waals surface area contributed by atoms with E-state index < -0.39 is 18.5 Å². The standard InChI is InChI=1S/2C21H12ClNS.C20H10ClNOS.2CH3F.Al.3ClH/c2*1-11-6-8-15-19-18(11)13-4-2-3-5-16(13)23(19)20-14-9-7-12(22)10-17(14)24-21(15)20;21-10-5-6-12-16(9-10)24-20-13-7-8-15(23)17-11-3-1-2-4-14(11)22(18(13)17)19(12)20;2*1-2;;;;/h2*2-10H,1H3;1-9,23H;2*1H3;;3*1H/q;;;;;+3;;;/p-3/i;;;1D;;;;;. The first-order valence-electron chi connectivity index (χ1n) is 25.7. The monoisotopic (exact) mass is 1240 g/mol. The second-order valence-corrected chi connectivity index (χ2v) is 30.1. The molecule has 80 heavy (non-hydrogen) atoms. The van der Waals surface area contributed by atoms with Crippen molar-refractivity contribution in [2.75, 3.05) is 14.3 Å². The third kappa shape index (κ3) is 8.05. The number of phenols is 1. The van der Waals surface area contributed by atoms with Gasteiger partial charge in [0.25, 0.3) is 0 Å². The number of aromatic nitrogens is 3. The topological polar surface area (TPSA) is 33.5 Å². The van der Waals surface area contributed by atoms with Gasteiger partial charge in [0.15, 0.2) is 0 Å². The zero-order valence-corrected chi connectivity index (χ0v) is 50.5. The van der Waals surface area contributed by atoms with Crippen LogP contribution in [0.15, 0.2) is 164 Å². The number of para-hydroxylation sites is 3. The minimum Gasteiger partial charge on any atom is -0.507 e. The van der Waals surface area contributed by atoms with Crippen molar-refractivity contribution in [2.45, 2.75) is 13.8 Å². The molecule has 0 aliphatic rings. The number of hydrogen-bond donors (Lipinski definition) is 1. The van der Waals surface area contributed by atoms with Gasteiger partial charge in [0.1, 0.15) is 5.75 Å². The van der Waals surface area contributed by atoms with Gasteiger partial charge >= 0.3 is 11.4 Å². The first kappa shape index (κ1) is 52.3. The van der Waals surface area contributed by atoms with Gasteiger partial charge in [-0.2, -0.15) is 0 Å². The molecule has 4 nitrogen and oxygen atoms in total. The number of hydrogen-bond acceptors (Lipinski definition) is 4. The van der Waals surface area contributed by atoms with E-state index in [1.165, 1.54) is 132 Å². The van der Waals surface area contributed by atoms with E-state index in [0.717, 1.165) is 36.9 Å². The number of fused-ring (bicyclic) bond motifs is 24. The Morgan fingerprint density at radius 2 is 0.688 bits per heavy atom. The molecule has 9 aromatic carbocycles. The second-order valence-electron chi connectivity index (χ2n) is 19.2. The van der Waals surface area contributed by atoms with E-state index in [-0.39, 0.29) is 0 Å². The molecule has 1 N–H and O–H groups in total. The van der Waals surface area contributed by atoms with Crippen molar-refractivity contribution in [3.05, 3.63) is 190 Å². The number of aromatic hydroxyl groups is 1. The third-order valence-corrected chi connectivity index (χ3v) is 19.4. The molecule has 0 unspecified atom stereocenters. The van der Waals surface area contributed by atoms with E-state index in [9.17, 15) is 13.9 Å². The molecule has 9 heterocycles. The van der Waals surface area contributed by atoms with Crippen molar-refractivity contribution >= 4 is 253 Å². The molecular formula is C64H40AlCl6F2N3OS3. The molecule has 0 aliphatic heterocycles. The third-order valence-electron chi connectivity index (χ3n) is 15.1. The zero-order valence-electron chi connectivity index (χ0n) is 43.4. The van der Waals surface area contributed by atoms with E-state index in [4.69, 9.17) is 66.3 Å². The maximum atomic E-state index is 10.5. The van der Waals surface area contributed by atoms with Crippen LogP contribution in [0.1, 0.15) is 12.5 Å². The SMILES string of the molecule is CF.Cc1ccc2c3sc4cc(Cl)ccc4c3n3c4ccccc4c1c23.Cc1ccc2c3sc4cc(Cl)ccc4c3n3c4ccccc4c1c23.Oc1ccc2c3sc4cc(Cl)ccc4c3n3c4ccccc4c1c23.[2H]CF.[Cl][Al]([Cl])[Cl]. The van der Waals surface area contributed by atoms with Gasteiger partial charge < -0.3 is 18.3 Å². The van der Waals surface area contributed by atoms with Crippen LogP contribution in [-0.4, -0.2) is 44.0 Å². The predicted molar refractivity (Wildman–Crippen MR) is 353 cm³/mol. The Hall–Kier alpha value is -5.81. The Labute approximate surface area is 500 Å². The quantitative estimate of drug-likeness (QED) is 0.151. The lowest BCUT2D eigenvalue weighted by Crippen LogP contribution is -1.79. The van der Waals surface area contributed by atoms with Gasteiger partial charge in [-0.15, -0.1) is 34.0 Å². The van der Waals surface area contributed by atoms with Crippen LogP contribution in [0.3, 0.4) is 0 Å². The summed E-state index contributed by atoms with van der Waals surface area (Å²) in [7, 11) is 14.3. The van der Waals surface area contributed by atoms with Crippen molar-refractivity contribution in [1.82, 2.24) is 13.2 Å². The Morgan fingerprint density at radius 3 is 1.04 bits per heavy atom. The lowest BCUT2D eigenvalue weighted by molar-refractivity contribution is 0.482. The summed E-state index contributed by atoms with van der Waals surface area (Å²) in [4.78, 5) is 0. The highest BCUT2D eigenvalue weighted by molar-refractivity contribution is 7.54. The summed E-state index contributed by atoms with van der Waals surface area (Å²) in [6, 6.07) is 57.1. The van der Waals surface area contributed by atoms with E-state index in [1.54, 1.807) is 17.4 Å². The first-order valence-corrected chi connectivity index (χ1v) is 33.8. The number of benzene rings is 9. The molecule has 0 fully saturated rings. The predicted octanol–water partition coefficient (Wildman–Crippen LogP) is 23.3. The number of aryl methyl sites for hydroxylation is 2. The summed E-state index contributed by atoms with van der Waals surface area (Å²) in [5, 5.41) is 28.0. The Morgan fingerprint density at radius 1 is 0.400 bits per heavy atom. The van der Waals surface area contributed by atoms with Crippen molar-refractivity contribution in [1.29, 1.82) is 0 Å². The Balaban J connectivity index is 0.000000107. The molecule has 16 heteroatoms. The minimum absolute atomic E-state index is 0.339. The Kier molecular flexibility index (Phi) is 13.6. The molecule has 0 amide bonds. The average molecular weight is 1240 g/mol. The molecule has 394 valence electrons. The number of alkyl halides is 2. The van der Waals surface area contributed by atoms with E-state index in [0.29, 0.717) is 12.9 Å². The molecule has 9 aromatic heterocycles. The summed E-state index contributed by atoms with van der Waals surface area (Å²) in [5.41, 5.74) is 14.0. The van der Waals surface area contributed by atoms with Gasteiger partial charge in [-0.25, -0.2) is 30.1 Å². The van der Waals surface area contributed by atoms with E-state index in [2.05, 4.69) is 142 Å². The van der Waals surface area contributed by atoms with Gasteiger partial charge in [0.2, 0.25) is 0 Å². The Bertz CT molecular complexity index is 4910. The van der Waals surface area contributed by atoms with Crippen molar-refractivity contribution < 1.29 is 15.3 Å². The number of rotatable bonds is 0.